The van der Waals surface area contributed by atoms with E-state index in [1.165, 1.54) is 6.07 Å². The van der Waals surface area contributed by atoms with Gasteiger partial charge >= 0.3 is 6.09 Å². The van der Waals surface area contributed by atoms with E-state index in [2.05, 4.69) is 12.2 Å². The highest BCUT2D eigenvalue weighted by Gasteiger charge is 2.06. The Hall–Kier alpha value is -2.36. The normalized spacial score (nSPS) is 10.1. The molecule has 3 nitrogen and oxygen atoms in total. The summed E-state index contributed by atoms with van der Waals surface area (Å²) in [4.78, 5) is 11.6. The summed E-state index contributed by atoms with van der Waals surface area (Å²) in [7, 11) is 0. The highest BCUT2D eigenvalue weighted by atomic mass is 19.1. The minimum absolute atomic E-state index is 0.173. The number of hydrogen-bond acceptors (Lipinski definition) is 2. The molecule has 0 fully saturated rings. The molecule has 1 N–H and O–H groups in total. The molecule has 2 aromatic carbocycles. The average Bonchev–Trinajstić information content (AvgIpc) is 2.46. The van der Waals surface area contributed by atoms with Gasteiger partial charge in [0.1, 0.15) is 12.4 Å². The molecular weight excluding hydrogens is 257 g/mol. The smallest absolute Gasteiger partial charge is 0.411 e. The number of benzene rings is 2. The van der Waals surface area contributed by atoms with E-state index in [1.54, 1.807) is 12.1 Å². The summed E-state index contributed by atoms with van der Waals surface area (Å²) in [5, 5.41) is 2.48. The van der Waals surface area contributed by atoms with Crippen LogP contribution in [-0.4, -0.2) is 6.09 Å². The van der Waals surface area contributed by atoms with Gasteiger partial charge in [0.2, 0.25) is 0 Å². The van der Waals surface area contributed by atoms with Gasteiger partial charge < -0.3 is 4.74 Å². The van der Waals surface area contributed by atoms with Crippen molar-refractivity contribution in [3.8, 4) is 0 Å². The summed E-state index contributed by atoms with van der Waals surface area (Å²) in [6.45, 7) is 3.79. The number of carbonyl (C=O) groups excluding carboxylic acids is 1. The molecule has 4 heteroatoms. The van der Waals surface area contributed by atoms with E-state index in [0.717, 1.165) is 5.56 Å². The second kappa shape index (κ2) is 6.70. The van der Waals surface area contributed by atoms with Crippen LogP contribution in [-0.2, 0) is 17.8 Å². The predicted molar refractivity (Wildman–Crippen MR) is 75.7 cm³/mol. The number of halogens is 1. The molecule has 1 radical (unpaired) electrons. The first-order valence-electron chi connectivity index (χ1n) is 6.24. The molecule has 0 saturated heterocycles. The molecule has 0 aliphatic rings. The Bertz CT molecular complexity index is 584. The van der Waals surface area contributed by atoms with Crippen LogP contribution < -0.4 is 5.32 Å². The quantitative estimate of drug-likeness (QED) is 0.915. The lowest BCUT2D eigenvalue weighted by atomic mass is 10.1. The van der Waals surface area contributed by atoms with Gasteiger partial charge in [-0.05, 0) is 36.6 Å². The first kappa shape index (κ1) is 14.1. The molecule has 0 aliphatic heterocycles. The number of amides is 1. The van der Waals surface area contributed by atoms with E-state index in [9.17, 15) is 9.18 Å². The second-order valence-electron chi connectivity index (χ2n) is 4.24. The Labute approximate surface area is 117 Å². The number of rotatable bonds is 4. The maximum Gasteiger partial charge on any atom is 0.411 e. The van der Waals surface area contributed by atoms with Crippen LogP contribution in [0.25, 0.3) is 0 Å². The van der Waals surface area contributed by atoms with E-state index >= 15 is 0 Å². The third-order valence-corrected chi connectivity index (χ3v) is 2.78. The molecule has 0 aromatic heterocycles. The van der Waals surface area contributed by atoms with E-state index in [1.807, 2.05) is 30.3 Å². The zero-order valence-electron chi connectivity index (χ0n) is 10.9. The van der Waals surface area contributed by atoms with Crippen molar-refractivity contribution < 1.29 is 13.9 Å². The monoisotopic (exact) mass is 272 g/mol. The summed E-state index contributed by atoms with van der Waals surface area (Å²) < 4.78 is 18.6. The van der Waals surface area contributed by atoms with E-state index in [-0.39, 0.29) is 12.4 Å². The predicted octanol–water partition coefficient (Wildman–Crippen LogP) is 3.95. The fourth-order valence-electron chi connectivity index (χ4n) is 1.70. The number of carbonyl (C=O) groups is 1. The lowest BCUT2D eigenvalue weighted by Gasteiger charge is -2.08. The van der Waals surface area contributed by atoms with Crippen LogP contribution in [0.4, 0.5) is 14.9 Å². The highest BCUT2D eigenvalue weighted by molar-refractivity contribution is 5.84. The molecule has 2 aromatic rings. The third kappa shape index (κ3) is 3.82. The maximum absolute atomic E-state index is 13.5. The highest BCUT2D eigenvalue weighted by Crippen LogP contribution is 2.15. The summed E-state index contributed by atoms with van der Waals surface area (Å²) >= 11 is 0. The molecule has 2 rings (SSSR count). The van der Waals surface area contributed by atoms with Gasteiger partial charge in [0, 0.05) is 5.69 Å². The van der Waals surface area contributed by atoms with E-state index in [4.69, 9.17) is 4.74 Å². The topological polar surface area (TPSA) is 38.3 Å². The molecule has 20 heavy (non-hydrogen) atoms. The van der Waals surface area contributed by atoms with Crippen LogP contribution in [0.5, 0.6) is 0 Å². The molecule has 1 amide bonds. The fourth-order valence-corrected chi connectivity index (χ4v) is 1.70. The molecule has 0 heterocycles. The van der Waals surface area contributed by atoms with E-state index < -0.39 is 6.09 Å². The fraction of sp³-hybridized carbons (Fsp3) is 0.125. The molecule has 0 spiro atoms. The Morgan fingerprint density at radius 3 is 2.60 bits per heavy atom. The summed E-state index contributed by atoms with van der Waals surface area (Å²) in [6.07, 6.45) is -0.250. The molecule has 0 unspecified atom stereocenters. The SMILES string of the molecule is [CH2]Cc1ccc(NC(=O)OCc2ccccc2)cc1F. The Kier molecular flexibility index (Phi) is 4.71. The Morgan fingerprint density at radius 2 is 1.95 bits per heavy atom. The van der Waals surface area contributed by atoms with Crippen molar-refractivity contribution in [2.75, 3.05) is 5.32 Å². The standard InChI is InChI=1S/C16H15FNO2/c1-2-13-8-9-14(10-15(13)17)18-16(19)20-11-12-6-4-3-5-7-12/h3-10H,1-2,11H2,(H,18,19). The second-order valence-corrected chi connectivity index (χ2v) is 4.24. The van der Waals surface area contributed by atoms with Gasteiger partial charge in [-0.2, -0.15) is 0 Å². The summed E-state index contributed by atoms with van der Waals surface area (Å²) in [5.74, 6) is -0.388. The Balaban J connectivity index is 1.90. The molecule has 0 saturated carbocycles. The Morgan fingerprint density at radius 1 is 1.20 bits per heavy atom. The summed E-state index contributed by atoms with van der Waals surface area (Å²) in [6, 6.07) is 13.8. The van der Waals surface area contributed by atoms with Gasteiger partial charge in [-0.1, -0.05) is 36.4 Å². The molecule has 0 bridgehead atoms. The van der Waals surface area contributed by atoms with Crippen molar-refractivity contribution in [1.29, 1.82) is 0 Å². The van der Waals surface area contributed by atoms with Crippen LogP contribution in [0.1, 0.15) is 11.1 Å². The maximum atomic E-state index is 13.5. The lowest BCUT2D eigenvalue weighted by Crippen LogP contribution is -2.13. The van der Waals surface area contributed by atoms with Crippen LogP contribution in [0.2, 0.25) is 0 Å². The van der Waals surface area contributed by atoms with Crippen LogP contribution in [0, 0.1) is 12.7 Å². The van der Waals surface area contributed by atoms with E-state index in [0.29, 0.717) is 17.7 Å². The third-order valence-electron chi connectivity index (χ3n) is 2.78. The average molecular weight is 272 g/mol. The van der Waals surface area contributed by atoms with Crippen LogP contribution in [0.3, 0.4) is 0 Å². The first-order valence-corrected chi connectivity index (χ1v) is 6.24. The van der Waals surface area contributed by atoms with Gasteiger partial charge in [-0.25, -0.2) is 9.18 Å². The van der Waals surface area contributed by atoms with Crippen LogP contribution in [0.15, 0.2) is 48.5 Å². The van der Waals surface area contributed by atoms with Gasteiger partial charge in [-0.3, -0.25) is 5.32 Å². The van der Waals surface area contributed by atoms with Gasteiger partial charge in [0.15, 0.2) is 0 Å². The number of hydrogen-bond donors (Lipinski definition) is 1. The van der Waals surface area contributed by atoms with Crippen molar-refractivity contribution in [2.24, 2.45) is 0 Å². The first-order chi connectivity index (χ1) is 9.69. The zero-order chi connectivity index (χ0) is 14.4. The largest absolute Gasteiger partial charge is 0.444 e. The van der Waals surface area contributed by atoms with Crippen molar-refractivity contribution in [2.45, 2.75) is 13.0 Å². The molecule has 0 aliphatic carbocycles. The lowest BCUT2D eigenvalue weighted by molar-refractivity contribution is 0.155. The molecular formula is C16H15FNO2. The summed E-state index contributed by atoms with van der Waals surface area (Å²) in [5.41, 5.74) is 1.76. The minimum atomic E-state index is -0.615. The molecule has 103 valence electrons. The van der Waals surface area contributed by atoms with Crippen molar-refractivity contribution >= 4 is 11.8 Å². The number of nitrogens with one attached hydrogen (secondary N) is 1. The minimum Gasteiger partial charge on any atom is -0.444 e. The van der Waals surface area contributed by atoms with Gasteiger partial charge in [-0.15, -0.1) is 0 Å². The molecule has 0 atom stereocenters. The van der Waals surface area contributed by atoms with Crippen molar-refractivity contribution in [3.63, 3.8) is 0 Å². The van der Waals surface area contributed by atoms with Crippen molar-refractivity contribution in [3.05, 3.63) is 72.4 Å². The number of ether oxygens (including phenoxy) is 1. The van der Waals surface area contributed by atoms with Gasteiger partial charge in [0.25, 0.3) is 0 Å². The number of anilines is 1. The van der Waals surface area contributed by atoms with Gasteiger partial charge in [0.05, 0.1) is 0 Å². The van der Waals surface area contributed by atoms with Crippen LogP contribution >= 0.6 is 0 Å². The van der Waals surface area contributed by atoms with Crippen molar-refractivity contribution in [1.82, 2.24) is 0 Å². The zero-order valence-corrected chi connectivity index (χ0v) is 10.9.